The van der Waals surface area contributed by atoms with Crippen molar-refractivity contribution in [2.24, 2.45) is 0 Å². The van der Waals surface area contributed by atoms with E-state index in [1.807, 2.05) is 29.0 Å². The van der Waals surface area contributed by atoms with Crippen LogP contribution in [-0.2, 0) is 17.6 Å². The lowest BCUT2D eigenvalue weighted by Crippen LogP contribution is -2.07. The monoisotopic (exact) mass is 366 g/mol. The minimum atomic E-state index is -0.153. The lowest BCUT2D eigenvalue weighted by molar-refractivity contribution is -0.111. The van der Waals surface area contributed by atoms with Gasteiger partial charge in [-0.3, -0.25) is 10.1 Å². The SMILES string of the molecule is O=C(C=Cc1cccs1)Nc1nc(-c2ccc3c(c2)CCCC3)cs1. The van der Waals surface area contributed by atoms with Crippen LogP contribution in [0.25, 0.3) is 17.3 Å². The maximum absolute atomic E-state index is 12.0. The Morgan fingerprint density at radius 3 is 2.84 bits per heavy atom. The number of carbonyl (C=O) groups excluding carboxylic acids is 1. The van der Waals surface area contributed by atoms with Gasteiger partial charge >= 0.3 is 0 Å². The van der Waals surface area contributed by atoms with Crippen LogP contribution in [0.3, 0.4) is 0 Å². The maximum Gasteiger partial charge on any atom is 0.250 e. The van der Waals surface area contributed by atoms with Gasteiger partial charge in [0.15, 0.2) is 5.13 Å². The first-order chi connectivity index (χ1) is 12.3. The Kier molecular flexibility index (Phi) is 4.76. The Morgan fingerprint density at radius 1 is 1.12 bits per heavy atom. The zero-order valence-electron chi connectivity index (χ0n) is 13.7. The van der Waals surface area contributed by atoms with Crippen molar-refractivity contribution in [2.75, 3.05) is 5.32 Å². The van der Waals surface area contributed by atoms with E-state index in [0.29, 0.717) is 5.13 Å². The summed E-state index contributed by atoms with van der Waals surface area (Å²) in [6, 6.07) is 10.6. The highest BCUT2D eigenvalue weighted by molar-refractivity contribution is 7.14. The minimum absolute atomic E-state index is 0.153. The normalized spacial score (nSPS) is 13.8. The lowest BCUT2D eigenvalue weighted by atomic mass is 9.90. The van der Waals surface area contributed by atoms with Crippen LogP contribution in [0.1, 0.15) is 28.8 Å². The fraction of sp³-hybridized carbons (Fsp3) is 0.200. The third-order valence-corrected chi connectivity index (χ3v) is 5.92. The number of amides is 1. The van der Waals surface area contributed by atoms with Gasteiger partial charge in [0.05, 0.1) is 5.69 Å². The van der Waals surface area contributed by atoms with Crippen LogP contribution in [0.2, 0.25) is 0 Å². The number of thiophene rings is 1. The number of aryl methyl sites for hydroxylation is 2. The standard InChI is InChI=1S/C20H18N2OS2/c23-19(10-9-17-6-3-11-24-17)22-20-21-18(13-25-20)16-8-7-14-4-1-2-5-15(14)12-16/h3,6-13H,1-2,4-5H2,(H,21,22,23). The first-order valence-electron chi connectivity index (χ1n) is 8.38. The molecule has 0 aliphatic heterocycles. The van der Waals surface area contributed by atoms with Crippen molar-refractivity contribution in [3.8, 4) is 11.3 Å². The van der Waals surface area contributed by atoms with E-state index in [9.17, 15) is 4.79 Å². The van der Waals surface area contributed by atoms with Gasteiger partial charge in [0.2, 0.25) is 5.91 Å². The number of hydrogen-bond acceptors (Lipinski definition) is 4. The number of benzene rings is 1. The topological polar surface area (TPSA) is 42.0 Å². The molecule has 2 heterocycles. The highest BCUT2D eigenvalue weighted by Crippen LogP contribution is 2.29. The molecule has 0 bridgehead atoms. The number of thiazole rings is 1. The number of anilines is 1. The van der Waals surface area contributed by atoms with Crippen LogP contribution >= 0.6 is 22.7 Å². The molecule has 4 rings (SSSR count). The molecule has 2 aromatic heterocycles. The van der Waals surface area contributed by atoms with E-state index in [1.165, 1.54) is 41.7 Å². The lowest BCUT2D eigenvalue weighted by Gasteiger charge is -2.16. The molecular formula is C20H18N2OS2. The number of nitrogens with one attached hydrogen (secondary N) is 1. The third kappa shape index (κ3) is 3.89. The molecule has 1 aliphatic rings. The molecule has 1 aromatic carbocycles. The molecule has 0 spiro atoms. The van der Waals surface area contributed by atoms with Crippen molar-refractivity contribution in [1.82, 2.24) is 4.98 Å². The average Bonchev–Trinajstić information content (AvgIpc) is 3.31. The minimum Gasteiger partial charge on any atom is -0.298 e. The second-order valence-corrected chi connectivity index (χ2v) is 7.90. The highest BCUT2D eigenvalue weighted by atomic mass is 32.1. The molecule has 0 unspecified atom stereocenters. The van der Waals surface area contributed by atoms with Gasteiger partial charge in [-0.15, -0.1) is 22.7 Å². The second kappa shape index (κ2) is 7.33. The Morgan fingerprint density at radius 2 is 2.00 bits per heavy atom. The molecule has 3 nitrogen and oxygen atoms in total. The van der Waals surface area contributed by atoms with Gasteiger partial charge in [-0.1, -0.05) is 18.2 Å². The zero-order chi connectivity index (χ0) is 17.1. The third-order valence-electron chi connectivity index (χ3n) is 4.32. The summed E-state index contributed by atoms with van der Waals surface area (Å²) in [5.41, 5.74) is 4.97. The van der Waals surface area contributed by atoms with Crippen LogP contribution in [0.4, 0.5) is 5.13 Å². The highest BCUT2D eigenvalue weighted by Gasteiger charge is 2.12. The number of nitrogens with zero attached hydrogens (tertiary/aromatic N) is 1. The van der Waals surface area contributed by atoms with Crippen molar-refractivity contribution >= 4 is 39.8 Å². The molecule has 0 fully saturated rings. The zero-order valence-corrected chi connectivity index (χ0v) is 15.3. The maximum atomic E-state index is 12.0. The van der Waals surface area contributed by atoms with Gasteiger partial charge in [-0.05, 0) is 60.4 Å². The summed E-state index contributed by atoms with van der Waals surface area (Å²) in [5.74, 6) is -0.153. The summed E-state index contributed by atoms with van der Waals surface area (Å²) in [7, 11) is 0. The van der Waals surface area contributed by atoms with Crippen molar-refractivity contribution in [3.63, 3.8) is 0 Å². The molecular weight excluding hydrogens is 348 g/mol. The predicted octanol–water partition coefficient (Wildman–Crippen LogP) is 5.40. The number of rotatable bonds is 4. The van der Waals surface area contributed by atoms with E-state index in [2.05, 4.69) is 28.5 Å². The Bertz CT molecular complexity index is 910. The van der Waals surface area contributed by atoms with Gasteiger partial charge in [0.1, 0.15) is 0 Å². The average molecular weight is 367 g/mol. The summed E-state index contributed by atoms with van der Waals surface area (Å²) >= 11 is 3.06. The van der Waals surface area contributed by atoms with Gasteiger partial charge in [-0.25, -0.2) is 4.98 Å². The van der Waals surface area contributed by atoms with Crippen molar-refractivity contribution in [2.45, 2.75) is 25.7 Å². The second-order valence-electron chi connectivity index (χ2n) is 6.07. The first-order valence-corrected chi connectivity index (χ1v) is 10.1. The van der Waals surface area contributed by atoms with Crippen molar-refractivity contribution in [3.05, 3.63) is 63.2 Å². The molecule has 1 amide bonds. The molecule has 0 radical (unpaired) electrons. The number of aromatic nitrogens is 1. The Hall–Kier alpha value is -2.24. The van der Waals surface area contributed by atoms with E-state index in [1.54, 1.807) is 17.4 Å². The molecule has 1 N–H and O–H groups in total. The number of hydrogen-bond donors (Lipinski definition) is 1. The summed E-state index contributed by atoms with van der Waals surface area (Å²) in [6.45, 7) is 0. The van der Waals surface area contributed by atoms with Crippen LogP contribution in [0.5, 0.6) is 0 Å². The van der Waals surface area contributed by atoms with Crippen LogP contribution in [-0.4, -0.2) is 10.9 Å². The largest absolute Gasteiger partial charge is 0.298 e. The van der Waals surface area contributed by atoms with E-state index in [4.69, 9.17) is 0 Å². The molecule has 1 aliphatic carbocycles. The van der Waals surface area contributed by atoms with E-state index < -0.39 is 0 Å². The quantitative estimate of drug-likeness (QED) is 0.628. The summed E-state index contributed by atoms with van der Waals surface area (Å²) in [5, 5.41) is 7.47. The fourth-order valence-corrected chi connectivity index (χ4v) is 4.39. The smallest absolute Gasteiger partial charge is 0.250 e. The Balaban J connectivity index is 1.46. The fourth-order valence-electron chi connectivity index (χ4n) is 3.05. The van der Waals surface area contributed by atoms with Crippen LogP contribution in [0, 0.1) is 0 Å². The van der Waals surface area contributed by atoms with Gasteiger partial charge in [-0.2, -0.15) is 0 Å². The van der Waals surface area contributed by atoms with Gasteiger partial charge < -0.3 is 0 Å². The molecule has 0 saturated carbocycles. The molecule has 5 heteroatoms. The van der Waals surface area contributed by atoms with Crippen LogP contribution in [0.15, 0.2) is 47.2 Å². The van der Waals surface area contributed by atoms with Gasteiger partial charge in [0, 0.05) is 21.9 Å². The molecule has 3 aromatic rings. The predicted molar refractivity (Wildman–Crippen MR) is 106 cm³/mol. The van der Waals surface area contributed by atoms with E-state index in [0.717, 1.165) is 22.6 Å². The molecule has 0 atom stereocenters. The molecule has 126 valence electrons. The molecule has 25 heavy (non-hydrogen) atoms. The Labute approximate surface area is 155 Å². The van der Waals surface area contributed by atoms with Crippen LogP contribution < -0.4 is 5.32 Å². The summed E-state index contributed by atoms with van der Waals surface area (Å²) < 4.78 is 0. The van der Waals surface area contributed by atoms with Gasteiger partial charge in [0.25, 0.3) is 0 Å². The number of fused-ring (bicyclic) bond motifs is 1. The van der Waals surface area contributed by atoms with Crippen molar-refractivity contribution in [1.29, 1.82) is 0 Å². The molecule has 0 saturated heterocycles. The summed E-state index contributed by atoms with van der Waals surface area (Å²) in [4.78, 5) is 17.6. The number of carbonyl (C=O) groups is 1. The summed E-state index contributed by atoms with van der Waals surface area (Å²) in [6.07, 6.45) is 8.27. The van der Waals surface area contributed by atoms with Crippen molar-refractivity contribution < 1.29 is 4.79 Å². The first kappa shape index (κ1) is 16.2. The van der Waals surface area contributed by atoms with E-state index >= 15 is 0 Å². The van der Waals surface area contributed by atoms with E-state index in [-0.39, 0.29) is 5.91 Å².